The number of ether oxygens (including phenoxy) is 1. The molecule has 0 bridgehead atoms. The van der Waals surface area contributed by atoms with Crippen LogP contribution in [0.15, 0.2) is 35.2 Å². The van der Waals surface area contributed by atoms with Gasteiger partial charge in [0, 0.05) is 36.8 Å². The Balaban J connectivity index is 1.75. The number of fused-ring (bicyclic) bond motifs is 1. The van der Waals surface area contributed by atoms with E-state index in [9.17, 15) is 5.11 Å². The zero-order valence-corrected chi connectivity index (χ0v) is 13.2. The molecule has 4 unspecified atom stereocenters. The van der Waals surface area contributed by atoms with Gasteiger partial charge in [-0.15, -0.1) is 11.8 Å². The van der Waals surface area contributed by atoms with Crippen LogP contribution in [0.25, 0.3) is 0 Å². The quantitative estimate of drug-likeness (QED) is 0.578. The molecule has 1 aliphatic carbocycles. The van der Waals surface area contributed by atoms with Crippen LogP contribution in [0, 0.1) is 0 Å². The van der Waals surface area contributed by atoms with E-state index in [1.165, 1.54) is 11.1 Å². The second-order valence-electron chi connectivity index (χ2n) is 5.52. The lowest BCUT2D eigenvalue weighted by Gasteiger charge is -2.36. The van der Waals surface area contributed by atoms with Crippen LogP contribution < -0.4 is 16.0 Å². The minimum Gasteiger partial charge on any atom is -0.394 e. The van der Waals surface area contributed by atoms with Gasteiger partial charge in [-0.3, -0.25) is 5.32 Å². The Kier molecular flexibility index (Phi) is 4.59. The topological polar surface area (TPSA) is 65.5 Å². The van der Waals surface area contributed by atoms with Gasteiger partial charge in [-0.25, -0.2) is 0 Å². The number of hydrogen-bond acceptors (Lipinski definition) is 6. The smallest absolute Gasteiger partial charge is 0.156 e. The lowest BCUT2D eigenvalue weighted by molar-refractivity contribution is 0.153. The number of thioether (sulfide) groups is 1. The highest BCUT2D eigenvalue weighted by molar-refractivity contribution is 8.00. The largest absolute Gasteiger partial charge is 0.394 e. The number of aliphatic hydroxyl groups is 1. The zero-order chi connectivity index (χ0) is 14.8. The Bertz CT molecular complexity index is 485. The van der Waals surface area contributed by atoms with Gasteiger partial charge in [-0.1, -0.05) is 13.0 Å². The Labute approximate surface area is 129 Å². The maximum Gasteiger partial charge on any atom is 0.156 e. The van der Waals surface area contributed by atoms with E-state index in [2.05, 4.69) is 41.2 Å². The van der Waals surface area contributed by atoms with Gasteiger partial charge < -0.3 is 20.5 Å². The highest BCUT2D eigenvalue weighted by Gasteiger charge is 2.33. The van der Waals surface area contributed by atoms with Gasteiger partial charge in [0.2, 0.25) is 0 Å². The van der Waals surface area contributed by atoms with Crippen LogP contribution in [0.4, 0.5) is 0 Å². The van der Waals surface area contributed by atoms with E-state index in [1.807, 2.05) is 0 Å². The Hall–Kier alpha value is -0.950. The molecule has 2 heterocycles. The predicted octanol–water partition coefficient (Wildman–Crippen LogP) is 0.662. The summed E-state index contributed by atoms with van der Waals surface area (Å²) < 4.78 is 5.35. The van der Waals surface area contributed by atoms with Crippen molar-refractivity contribution < 1.29 is 9.84 Å². The van der Waals surface area contributed by atoms with Crippen molar-refractivity contribution in [3.63, 3.8) is 0 Å². The minimum absolute atomic E-state index is 0.0766. The normalized spacial score (nSPS) is 32.1. The molecular formula is C15H23N3O2S. The van der Waals surface area contributed by atoms with Crippen LogP contribution >= 0.6 is 11.8 Å². The van der Waals surface area contributed by atoms with Crippen LogP contribution in [-0.4, -0.2) is 48.3 Å². The first-order valence-corrected chi connectivity index (χ1v) is 8.37. The molecule has 3 rings (SSSR count). The van der Waals surface area contributed by atoms with E-state index in [4.69, 9.17) is 4.74 Å². The van der Waals surface area contributed by atoms with E-state index in [0.717, 1.165) is 18.7 Å². The maximum atomic E-state index is 9.40. The lowest BCUT2D eigenvalue weighted by atomic mass is 9.89. The molecule has 0 aromatic heterocycles. The van der Waals surface area contributed by atoms with Crippen molar-refractivity contribution in [2.24, 2.45) is 0 Å². The third kappa shape index (κ3) is 2.99. The van der Waals surface area contributed by atoms with Crippen molar-refractivity contribution in [2.75, 3.05) is 20.3 Å². The van der Waals surface area contributed by atoms with Crippen molar-refractivity contribution >= 4 is 11.8 Å². The molecule has 3 aliphatic rings. The summed E-state index contributed by atoms with van der Waals surface area (Å²) >= 11 is 1.81. The van der Waals surface area contributed by atoms with Crippen LogP contribution in [0.1, 0.15) is 13.3 Å². The van der Waals surface area contributed by atoms with Crippen molar-refractivity contribution in [1.82, 2.24) is 16.0 Å². The molecule has 1 saturated heterocycles. The molecule has 0 radical (unpaired) electrons. The van der Waals surface area contributed by atoms with Crippen LogP contribution in [-0.2, 0) is 4.74 Å². The molecule has 2 aliphatic heterocycles. The van der Waals surface area contributed by atoms with Gasteiger partial charge in [0.15, 0.2) is 5.56 Å². The SMILES string of the molecule is CCC(CO)NC1=CC(C2CNC(OC)S2)=CC2=CNC21. The molecule has 0 amide bonds. The summed E-state index contributed by atoms with van der Waals surface area (Å²) in [6.07, 6.45) is 7.46. The van der Waals surface area contributed by atoms with Crippen LogP contribution in [0.3, 0.4) is 0 Å². The van der Waals surface area contributed by atoms with Crippen molar-refractivity contribution in [3.8, 4) is 0 Å². The summed E-state index contributed by atoms with van der Waals surface area (Å²) in [5.41, 5.74) is 3.86. The molecule has 0 spiro atoms. The highest BCUT2D eigenvalue weighted by atomic mass is 32.2. The van der Waals surface area contributed by atoms with E-state index in [1.54, 1.807) is 18.9 Å². The van der Waals surface area contributed by atoms with E-state index < -0.39 is 0 Å². The molecule has 0 aromatic rings. The summed E-state index contributed by atoms with van der Waals surface area (Å²) in [6, 6.07) is 0.368. The second-order valence-corrected chi connectivity index (χ2v) is 6.79. The van der Waals surface area contributed by atoms with Gasteiger partial charge in [0.1, 0.15) is 0 Å². The highest BCUT2D eigenvalue weighted by Crippen LogP contribution is 2.35. The van der Waals surface area contributed by atoms with Crippen molar-refractivity contribution in [2.45, 2.75) is 36.2 Å². The first-order chi connectivity index (χ1) is 10.2. The first-order valence-electron chi connectivity index (χ1n) is 7.43. The number of nitrogens with one attached hydrogen (secondary N) is 3. The zero-order valence-electron chi connectivity index (χ0n) is 12.4. The van der Waals surface area contributed by atoms with E-state index >= 15 is 0 Å². The summed E-state index contributed by atoms with van der Waals surface area (Å²) in [7, 11) is 1.73. The molecule has 4 atom stereocenters. The Morgan fingerprint density at radius 2 is 2.33 bits per heavy atom. The fraction of sp³-hybridized carbons (Fsp3) is 0.600. The number of rotatable bonds is 6. The van der Waals surface area contributed by atoms with Gasteiger partial charge in [-0.2, -0.15) is 0 Å². The first kappa shape index (κ1) is 15.0. The Morgan fingerprint density at radius 3 is 2.90 bits per heavy atom. The predicted molar refractivity (Wildman–Crippen MR) is 85.7 cm³/mol. The molecule has 0 saturated carbocycles. The van der Waals surface area contributed by atoms with Gasteiger partial charge in [-0.05, 0) is 23.6 Å². The fourth-order valence-electron chi connectivity index (χ4n) is 2.76. The molecular weight excluding hydrogens is 286 g/mol. The average Bonchev–Trinajstić information content (AvgIpc) is 2.95. The molecule has 1 fully saturated rings. The van der Waals surface area contributed by atoms with Gasteiger partial charge >= 0.3 is 0 Å². The minimum atomic E-state index is 0.0766. The molecule has 6 heteroatoms. The van der Waals surface area contributed by atoms with Gasteiger partial charge in [0.25, 0.3) is 0 Å². The molecule has 0 aromatic carbocycles. The maximum absolute atomic E-state index is 9.40. The molecule has 116 valence electrons. The standard InChI is InChI=1S/C15H23N3O2S/c1-3-11(8-19)18-12-5-9(4-10-6-16-14(10)12)13-7-17-15(20-2)21-13/h4-6,11,13-19H,3,7-8H2,1-2H3. The molecule has 4 N–H and O–H groups in total. The van der Waals surface area contributed by atoms with Crippen molar-refractivity contribution in [1.29, 1.82) is 0 Å². The van der Waals surface area contributed by atoms with Crippen molar-refractivity contribution in [3.05, 3.63) is 35.2 Å². The number of aliphatic hydroxyl groups excluding tert-OH is 1. The van der Waals surface area contributed by atoms with Gasteiger partial charge in [0.05, 0.1) is 12.6 Å². The monoisotopic (exact) mass is 309 g/mol. The number of methoxy groups -OCH3 is 1. The lowest BCUT2D eigenvalue weighted by Crippen LogP contribution is -2.47. The van der Waals surface area contributed by atoms with E-state index in [-0.39, 0.29) is 24.3 Å². The summed E-state index contributed by atoms with van der Waals surface area (Å²) in [5, 5.41) is 19.9. The molecule has 5 nitrogen and oxygen atoms in total. The van der Waals surface area contributed by atoms with Crippen LogP contribution in [0.5, 0.6) is 0 Å². The number of allylic oxidation sites excluding steroid dienone is 1. The Morgan fingerprint density at radius 1 is 1.48 bits per heavy atom. The third-order valence-corrected chi connectivity index (χ3v) is 5.52. The summed E-state index contributed by atoms with van der Waals surface area (Å²) in [6.45, 7) is 3.16. The second kappa shape index (κ2) is 6.44. The average molecular weight is 309 g/mol. The third-order valence-electron chi connectivity index (χ3n) is 4.14. The number of hydrogen-bond donors (Lipinski definition) is 4. The molecule has 21 heavy (non-hydrogen) atoms. The summed E-state index contributed by atoms with van der Waals surface area (Å²) in [5.74, 6) is 0. The fourth-order valence-corrected chi connectivity index (χ4v) is 3.85. The van der Waals surface area contributed by atoms with Crippen LogP contribution in [0.2, 0.25) is 0 Å². The van der Waals surface area contributed by atoms with E-state index in [0.29, 0.717) is 5.25 Å². The summed E-state index contributed by atoms with van der Waals surface area (Å²) in [4.78, 5) is 0.